The first-order valence-electron chi connectivity index (χ1n) is 8.66. The number of piperazine rings is 1. The molecule has 1 aliphatic heterocycles. The first kappa shape index (κ1) is 23.5. The molecule has 1 aliphatic rings. The molecule has 1 aromatic rings. The van der Waals surface area contributed by atoms with Gasteiger partial charge in [0.25, 0.3) is 0 Å². The number of terminal acetylenes is 1. The normalized spacial score (nSPS) is 15.6. The third-order valence-corrected chi connectivity index (χ3v) is 5.78. The molecule has 0 unspecified atom stereocenters. The fourth-order valence-corrected chi connectivity index (χ4v) is 3.91. The lowest BCUT2D eigenvalue weighted by Crippen LogP contribution is -2.49. The predicted octanol–water partition coefficient (Wildman–Crippen LogP) is 0.340. The molecule has 10 heteroatoms. The Morgan fingerprint density at radius 3 is 2.63 bits per heavy atom. The van der Waals surface area contributed by atoms with E-state index in [-0.39, 0.29) is 36.3 Å². The van der Waals surface area contributed by atoms with Crippen LogP contribution in [0.2, 0.25) is 0 Å². The molecule has 1 saturated heterocycles. The van der Waals surface area contributed by atoms with Crippen LogP contribution >= 0.6 is 24.0 Å². The van der Waals surface area contributed by atoms with Crippen molar-refractivity contribution in [3.63, 3.8) is 0 Å². The number of rotatable bonds is 7. The van der Waals surface area contributed by atoms with E-state index in [1.165, 1.54) is 4.31 Å². The smallest absolute Gasteiger partial charge is 0.216 e. The zero-order valence-corrected chi connectivity index (χ0v) is 18.6. The number of halogens is 1. The van der Waals surface area contributed by atoms with E-state index in [1.54, 1.807) is 6.20 Å². The molecule has 2 heterocycles. The summed E-state index contributed by atoms with van der Waals surface area (Å²) in [6.07, 6.45) is 6.96. The maximum absolute atomic E-state index is 12.5. The van der Waals surface area contributed by atoms with Gasteiger partial charge in [-0.25, -0.2) is 13.4 Å². The summed E-state index contributed by atoms with van der Waals surface area (Å²) < 4.78 is 26.6. The molecular weight excluding hydrogens is 479 g/mol. The van der Waals surface area contributed by atoms with Gasteiger partial charge in [0, 0.05) is 38.9 Å². The number of sulfonamides is 1. The van der Waals surface area contributed by atoms with Crippen LogP contribution in [0.1, 0.15) is 6.92 Å². The van der Waals surface area contributed by atoms with Gasteiger partial charge < -0.3 is 15.5 Å². The highest BCUT2D eigenvalue weighted by Crippen LogP contribution is 2.14. The van der Waals surface area contributed by atoms with E-state index in [4.69, 9.17) is 6.42 Å². The van der Waals surface area contributed by atoms with Gasteiger partial charge in [-0.3, -0.25) is 4.99 Å². The molecule has 0 atom stereocenters. The van der Waals surface area contributed by atoms with Gasteiger partial charge in [0.05, 0.1) is 18.8 Å². The summed E-state index contributed by atoms with van der Waals surface area (Å²) >= 11 is 0. The van der Waals surface area contributed by atoms with Gasteiger partial charge in [0.1, 0.15) is 5.82 Å². The van der Waals surface area contributed by atoms with Gasteiger partial charge >= 0.3 is 0 Å². The minimum absolute atomic E-state index is 0. The van der Waals surface area contributed by atoms with Gasteiger partial charge in [-0.05, 0) is 19.1 Å². The fourth-order valence-electron chi connectivity index (χ4n) is 2.61. The minimum Gasteiger partial charge on any atom is -0.357 e. The van der Waals surface area contributed by atoms with Crippen molar-refractivity contribution in [3.05, 3.63) is 24.4 Å². The highest BCUT2D eigenvalue weighted by atomic mass is 127. The fraction of sp³-hybridized carbons (Fsp3) is 0.529. The highest BCUT2D eigenvalue weighted by Gasteiger charge is 2.26. The van der Waals surface area contributed by atoms with Gasteiger partial charge in [0.2, 0.25) is 10.0 Å². The molecule has 0 spiro atoms. The van der Waals surface area contributed by atoms with E-state index in [2.05, 4.69) is 31.4 Å². The van der Waals surface area contributed by atoms with Crippen LogP contribution in [0, 0.1) is 12.3 Å². The number of nitrogens with zero attached hydrogens (tertiary/aromatic N) is 4. The van der Waals surface area contributed by atoms with Crippen LogP contribution in [-0.2, 0) is 10.0 Å². The van der Waals surface area contributed by atoms with Crippen LogP contribution in [-0.4, -0.2) is 75.2 Å². The van der Waals surface area contributed by atoms with Crippen LogP contribution in [0.5, 0.6) is 0 Å². The number of aromatic nitrogens is 1. The van der Waals surface area contributed by atoms with Crippen LogP contribution < -0.4 is 15.5 Å². The van der Waals surface area contributed by atoms with Crippen molar-refractivity contribution in [2.45, 2.75) is 6.92 Å². The van der Waals surface area contributed by atoms with Gasteiger partial charge in [-0.15, -0.1) is 30.4 Å². The summed E-state index contributed by atoms with van der Waals surface area (Å²) in [5.41, 5.74) is 0. The lowest BCUT2D eigenvalue weighted by Gasteiger charge is -2.34. The first-order chi connectivity index (χ1) is 12.6. The highest BCUT2D eigenvalue weighted by molar-refractivity contribution is 14.0. The molecular formula is C17H27IN6O2S. The van der Waals surface area contributed by atoms with E-state index in [0.29, 0.717) is 45.2 Å². The summed E-state index contributed by atoms with van der Waals surface area (Å²) in [4.78, 5) is 10.7. The van der Waals surface area contributed by atoms with Crippen molar-refractivity contribution in [1.82, 2.24) is 19.9 Å². The van der Waals surface area contributed by atoms with Crippen molar-refractivity contribution in [3.8, 4) is 12.3 Å². The second kappa shape index (κ2) is 12.0. The number of guanidine groups is 1. The van der Waals surface area contributed by atoms with Crippen molar-refractivity contribution >= 4 is 45.8 Å². The van der Waals surface area contributed by atoms with Crippen LogP contribution in [0.3, 0.4) is 0 Å². The van der Waals surface area contributed by atoms with Crippen LogP contribution in [0.4, 0.5) is 5.82 Å². The number of aliphatic imine (C=N–C) groups is 1. The van der Waals surface area contributed by atoms with Crippen molar-refractivity contribution in [2.75, 3.05) is 56.5 Å². The Bertz CT molecular complexity index is 728. The summed E-state index contributed by atoms with van der Waals surface area (Å²) in [5.74, 6) is 3.85. The third-order valence-electron chi connectivity index (χ3n) is 3.93. The lowest BCUT2D eigenvalue weighted by atomic mass is 10.3. The molecule has 0 radical (unpaired) electrons. The zero-order chi connectivity index (χ0) is 18.8. The number of hydrogen-bond donors (Lipinski definition) is 2. The standard InChI is InChI=1S/C17H26N6O2S.HI/c1-3-8-20-17(18-4-2)21-10-15-26(24,25)23-13-11-22(12-14-23)16-7-5-6-9-19-16;/h1,5-7,9H,4,8,10-15H2,2H3,(H2,18,20,21);1H. The van der Waals surface area contributed by atoms with Gasteiger partial charge in [-0.2, -0.15) is 4.31 Å². The Morgan fingerprint density at radius 2 is 2.04 bits per heavy atom. The molecule has 2 N–H and O–H groups in total. The quantitative estimate of drug-likeness (QED) is 0.240. The largest absolute Gasteiger partial charge is 0.357 e. The van der Waals surface area contributed by atoms with E-state index in [1.807, 2.05) is 25.1 Å². The molecule has 0 aromatic carbocycles. The zero-order valence-electron chi connectivity index (χ0n) is 15.5. The van der Waals surface area contributed by atoms with Crippen molar-refractivity contribution in [2.24, 2.45) is 4.99 Å². The molecule has 0 aliphatic carbocycles. The monoisotopic (exact) mass is 506 g/mol. The van der Waals surface area contributed by atoms with E-state index in [9.17, 15) is 8.42 Å². The minimum atomic E-state index is -3.34. The average molecular weight is 506 g/mol. The Balaban J connectivity index is 0.00000364. The maximum Gasteiger partial charge on any atom is 0.216 e. The van der Waals surface area contributed by atoms with Crippen LogP contribution in [0.25, 0.3) is 0 Å². The van der Waals surface area contributed by atoms with Gasteiger partial charge in [-0.1, -0.05) is 12.0 Å². The molecule has 150 valence electrons. The topological polar surface area (TPSA) is 89.9 Å². The molecule has 27 heavy (non-hydrogen) atoms. The predicted molar refractivity (Wildman–Crippen MR) is 120 cm³/mol. The Labute approximate surface area is 178 Å². The SMILES string of the molecule is C#CCNC(=NCCS(=O)(=O)N1CCN(c2ccccn2)CC1)NCC.I. The van der Waals surface area contributed by atoms with E-state index >= 15 is 0 Å². The Hall–Kier alpha value is -1.58. The van der Waals surface area contributed by atoms with E-state index < -0.39 is 10.0 Å². The first-order valence-corrected chi connectivity index (χ1v) is 10.3. The lowest BCUT2D eigenvalue weighted by molar-refractivity contribution is 0.384. The molecule has 1 fully saturated rings. The third kappa shape index (κ3) is 7.51. The molecule has 0 amide bonds. The molecule has 8 nitrogen and oxygen atoms in total. The summed E-state index contributed by atoms with van der Waals surface area (Å²) in [5, 5.41) is 5.97. The van der Waals surface area contributed by atoms with Gasteiger partial charge in [0.15, 0.2) is 5.96 Å². The maximum atomic E-state index is 12.5. The molecule has 0 bridgehead atoms. The molecule has 1 aromatic heterocycles. The number of anilines is 1. The van der Waals surface area contributed by atoms with Crippen molar-refractivity contribution < 1.29 is 8.42 Å². The second-order valence-corrected chi connectivity index (χ2v) is 7.80. The molecule has 0 saturated carbocycles. The summed E-state index contributed by atoms with van der Waals surface area (Å²) in [6.45, 7) is 5.31. The van der Waals surface area contributed by atoms with Crippen molar-refractivity contribution in [1.29, 1.82) is 0 Å². The summed E-state index contributed by atoms with van der Waals surface area (Å²) in [7, 11) is -3.34. The number of pyridine rings is 1. The molecule has 2 rings (SSSR count). The van der Waals surface area contributed by atoms with E-state index in [0.717, 1.165) is 5.82 Å². The average Bonchev–Trinajstić information content (AvgIpc) is 2.67. The van der Waals surface area contributed by atoms with Crippen LogP contribution in [0.15, 0.2) is 29.4 Å². The summed E-state index contributed by atoms with van der Waals surface area (Å²) in [6, 6.07) is 5.73. The number of hydrogen-bond acceptors (Lipinski definition) is 5. The Kier molecular flexibility index (Phi) is 10.4. The Morgan fingerprint density at radius 1 is 1.30 bits per heavy atom. The second-order valence-electron chi connectivity index (χ2n) is 5.71. The number of nitrogens with one attached hydrogen (secondary N) is 2.